The highest BCUT2D eigenvalue weighted by atomic mass is 16.6. The standard InChI is InChI=1S/C17H24N2O3/c1-12-9-13(18-16(21)22-17(2,3)4)11-14(10-12)19-7-5-15(20)6-8-19/h9-11H,5-8H2,1-4H3,(H,18,21). The van der Waals surface area contributed by atoms with Crippen molar-refractivity contribution >= 4 is 23.3 Å². The number of rotatable bonds is 2. The lowest BCUT2D eigenvalue weighted by molar-refractivity contribution is -0.119. The van der Waals surface area contributed by atoms with Crippen LogP contribution in [0.15, 0.2) is 18.2 Å². The summed E-state index contributed by atoms with van der Waals surface area (Å²) in [6.45, 7) is 8.94. The summed E-state index contributed by atoms with van der Waals surface area (Å²) in [6, 6.07) is 5.89. The van der Waals surface area contributed by atoms with Crippen LogP contribution in [0.4, 0.5) is 16.2 Å². The Kier molecular flexibility index (Phi) is 4.74. The molecule has 5 heteroatoms. The van der Waals surface area contributed by atoms with E-state index in [9.17, 15) is 9.59 Å². The fourth-order valence-corrected chi connectivity index (χ4v) is 2.45. The number of carbonyl (C=O) groups excluding carboxylic acids is 2. The predicted molar refractivity (Wildman–Crippen MR) is 87.5 cm³/mol. The summed E-state index contributed by atoms with van der Waals surface area (Å²) in [6.07, 6.45) is 0.712. The number of nitrogens with zero attached hydrogens (tertiary/aromatic N) is 1. The monoisotopic (exact) mass is 304 g/mol. The second-order valence-electron chi connectivity index (χ2n) is 6.71. The van der Waals surface area contributed by atoms with Gasteiger partial charge < -0.3 is 9.64 Å². The zero-order valence-electron chi connectivity index (χ0n) is 13.7. The molecule has 0 atom stereocenters. The van der Waals surface area contributed by atoms with Crippen molar-refractivity contribution in [3.05, 3.63) is 23.8 Å². The molecular weight excluding hydrogens is 280 g/mol. The maximum atomic E-state index is 11.9. The van der Waals surface area contributed by atoms with E-state index in [0.29, 0.717) is 24.3 Å². The number of ketones is 1. The van der Waals surface area contributed by atoms with Gasteiger partial charge in [-0.05, 0) is 51.5 Å². The molecule has 120 valence electrons. The average molecular weight is 304 g/mol. The fourth-order valence-electron chi connectivity index (χ4n) is 2.45. The first-order valence-corrected chi connectivity index (χ1v) is 7.61. The van der Waals surface area contributed by atoms with Crippen LogP contribution in [0.5, 0.6) is 0 Å². The normalized spacial score (nSPS) is 15.6. The molecule has 1 saturated heterocycles. The second kappa shape index (κ2) is 6.38. The lowest BCUT2D eigenvalue weighted by Gasteiger charge is -2.29. The molecule has 1 aromatic carbocycles. The smallest absolute Gasteiger partial charge is 0.412 e. The molecule has 1 amide bonds. The van der Waals surface area contributed by atoms with E-state index < -0.39 is 11.7 Å². The van der Waals surface area contributed by atoms with E-state index in [1.54, 1.807) is 0 Å². The van der Waals surface area contributed by atoms with Crippen LogP contribution in [0, 0.1) is 6.92 Å². The summed E-state index contributed by atoms with van der Waals surface area (Å²) in [5.74, 6) is 0.316. The summed E-state index contributed by atoms with van der Waals surface area (Å²) in [4.78, 5) is 25.4. The Morgan fingerprint density at radius 3 is 2.41 bits per heavy atom. The maximum absolute atomic E-state index is 11.9. The van der Waals surface area contributed by atoms with Crippen molar-refractivity contribution in [1.82, 2.24) is 0 Å². The Balaban J connectivity index is 2.10. The van der Waals surface area contributed by atoms with Gasteiger partial charge in [-0.15, -0.1) is 0 Å². The van der Waals surface area contributed by atoms with Gasteiger partial charge in [-0.3, -0.25) is 10.1 Å². The number of aryl methyl sites for hydroxylation is 1. The SMILES string of the molecule is Cc1cc(NC(=O)OC(C)(C)C)cc(N2CCC(=O)CC2)c1. The number of amides is 1. The highest BCUT2D eigenvalue weighted by Crippen LogP contribution is 2.25. The van der Waals surface area contributed by atoms with Gasteiger partial charge in [0.2, 0.25) is 0 Å². The van der Waals surface area contributed by atoms with Crippen LogP contribution in [0.3, 0.4) is 0 Å². The number of hydrogen-bond donors (Lipinski definition) is 1. The van der Waals surface area contributed by atoms with Gasteiger partial charge in [0.15, 0.2) is 0 Å². The molecule has 0 aromatic heterocycles. The molecule has 22 heavy (non-hydrogen) atoms. The van der Waals surface area contributed by atoms with Crippen molar-refractivity contribution in [3.63, 3.8) is 0 Å². The van der Waals surface area contributed by atoms with Crippen molar-refractivity contribution in [2.45, 2.75) is 46.1 Å². The molecule has 0 radical (unpaired) electrons. The molecule has 0 aliphatic carbocycles. The third kappa shape index (κ3) is 4.76. The number of anilines is 2. The number of Topliss-reactive ketones (excluding diaryl/α,β-unsaturated/α-hetero) is 1. The first-order valence-electron chi connectivity index (χ1n) is 7.61. The van der Waals surface area contributed by atoms with Gasteiger partial charge in [-0.1, -0.05) is 0 Å². The largest absolute Gasteiger partial charge is 0.444 e. The van der Waals surface area contributed by atoms with E-state index in [0.717, 1.165) is 24.3 Å². The molecule has 0 spiro atoms. The predicted octanol–water partition coefficient (Wildman–Crippen LogP) is 3.51. The van der Waals surface area contributed by atoms with Gasteiger partial charge >= 0.3 is 6.09 Å². The Labute approximate surface area is 131 Å². The van der Waals surface area contributed by atoms with Gasteiger partial charge in [0.25, 0.3) is 0 Å². The quantitative estimate of drug-likeness (QED) is 0.908. The summed E-state index contributed by atoms with van der Waals surface area (Å²) >= 11 is 0. The lowest BCUT2D eigenvalue weighted by atomic mass is 10.1. The topological polar surface area (TPSA) is 58.6 Å². The molecule has 1 aliphatic heterocycles. The average Bonchev–Trinajstić information content (AvgIpc) is 2.36. The molecule has 5 nitrogen and oxygen atoms in total. The van der Waals surface area contributed by atoms with E-state index in [1.165, 1.54) is 0 Å². The van der Waals surface area contributed by atoms with Crippen molar-refractivity contribution in [1.29, 1.82) is 0 Å². The molecule has 1 aromatic rings. The summed E-state index contributed by atoms with van der Waals surface area (Å²) < 4.78 is 5.27. The van der Waals surface area contributed by atoms with Crippen LogP contribution >= 0.6 is 0 Å². The molecular formula is C17H24N2O3. The number of hydrogen-bond acceptors (Lipinski definition) is 4. The molecule has 1 aliphatic rings. The van der Waals surface area contributed by atoms with Gasteiger partial charge in [-0.2, -0.15) is 0 Å². The van der Waals surface area contributed by atoms with Crippen LogP contribution < -0.4 is 10.2 Å². The van der Waals surface area contributed by atoms with E-state index in [1.807, 2.05) is 39.8 Å². The van der Waals surface area contributed by atoms with Crippen LogP contribution in [-0.4, -0.2) is 30.6 Å². The minimum atomic E-state index is -0.524. The number of carbonyl (C=O) groups is 2. The van der Waals surface area contributed by atoms with Gasteiger partial charge in [-0.25, -0.2) is 4.79 Å². The molecule has 1 fully saturated rings. The number of benzene rings is 1. The second-order valence-corrected chi connectivity index (χ2v) is 6.71. The molecule has 2 rings (SSSR count). The molecule has 1 heterocycles. The fraction of sp³-hybridized carbons (Fsp3) is 0.529. The minimum absolute atomic E-state index is 0.316. The van der Waals surface area contributed by atoms with Gasteiger partial charge in [0.1, 0.15) is 11.4 Å². The van der Waals surface area contributed by atoms with Crippen LogP contribution in [-0.2, 0) is 9.53 Å². The van der Waals surface area contributed by atoms with Crippen LogP contribution in [0.25, 0.3) is 0 Å². The van der Waals surface area contributed by atoms with Gasteiger partial charge in [0, 0.05) is 37.3 Å². The molecule has 0 bridgehead atoms. The summed E-state index contributed by atoms with van der Waals surface area (Å²) in [7, 11) is 0. The van der Waals surface area contributed by atoms with E-state index in [4.69, 9.17) is 4.74 Å². The lowest BCUT2D eigenvalue weighted by Crippen LogP contribution is -2.33. The first-order chi connectivity index (χ1) is 10.2. The third-order valence-corrected chi connectivity index (χ3v) is 3.39. The molecule has 0 saturated carbocycles. The maximum Gasteiger partial charge on any atom is 0.412 e. The zero-order chi connectivity index (χ0) is 16.3. The van der Waals surface area contributed by atoms with Crippen molar-refractivity contribution in [3.8, 4) is 0 Å². The van der Waals surface area contributed by atoms with Crippen molar-refractivity contribution in [2.75, 3.05) is 23.3 Å². The van der Waals surface area contributed by atoms with Crippen molar-refractivity contribution < 1.29 is 14.3 Å². The zero-order valence-corrected chi connectivity index (χ0v) is 13.7. The first kappa shape index (κ1) is 16.3. The van der Waals surface area contributed by atoms with Gasteiger partial charge in [0.05, 0.1) is 0 Å². The number of nitrogens with one attached hydrogen (secondary N) is 1. The van der Waals surface area contributed by atoms with E-state index in [-0.39, 0.29) is 0 Å². The Morgan fingerprint density at radius 2 is 1.82 bits per heavy atom. The van der Waals surface area contributed by atoms with Crippen LogP contribution in [0.2, 0.25) is 0 Å². The number of piperidine rings is 1. The Morgan fingerprint density at radius 1 is 1.18 bits per heavy atom. The van der Waals surface area contributed by atoms with Crippen LogP contribution in [0.1, 0.15) is 39.2 Å². The van der Waals surface area contributed by atoms with Crippen molar-refractivity contribution in [2.24, 2.45) is 0 Å². The van der Waals surface area contributed by atoms with E-state index in [2.05, 4.69) is 16.3 Å². The number of ether oxygens (including phenoxy) is 1. The van der Waals surface area contributed by atoms with E-state index >= 15 is 0 Å². The summed E-state index contributed by atoms with van der Waals surface area (Å²) in [5.41, 5.74) is 2.27. The highest BCUT2D eigenvalue weighted by Gasteiger charge is 2.19. The Hall–Kier alpha value is -2.04. The summed E-state index contributed by atoms with van der Waals surface area (Å²) in [5, 5.41) is 2.77. The molecule has 0 unspecified atom stereocenters. The molecule has 1 N–H and O–H groups in total. The minimum Gasteiger partial charge on any atom is -0.444 e. The highest BCUT2D eigenvalue weighted by molar-refractivity contribution is 5.86. The Bertz CT molecular complexity index is 566. The third-order valence-electron chi connectivity index (χ3n) is 3.39.